The molecule has 34 heavy (non-hydrogen) atoms. The van der Waals surface area contributed by atoms with Gasteiger partial charge in [-0.3, -0.25) is 0 Å². The molecule has 0 radical (unpaired) electrons. The van der Waals surface area contributed by atoms with Crippen molar-refractivity contribution in [3.63, 3.8) is 0 Å². The van der Waals surface area contributed by atoms with Gasteiger partial charge in [-0.25, -0.2) is 17.8 Å². The molecular weight excluding hydrogens is 457 g/mol. The van der Waals surface area contributed by atoms with E-state index >= 15 is 0 Å². The maximum atomic E-state index is 13.3. The summed E-state index contributed by atoms with van der Waals surface area (Å²) in [7, 11) is -2.13. The number of methoxy groups -OCH3 is 1. The van der Waals surface area contributed by atoms with Crippen molar-refractivity contribution in [2.45, 2.75) is 11.3 Å². The number of sulfonamides is 1. The van der Waals surface area contributed by atoms with Gasteiger partial charge in [-0.2, -0.15) is 4.31 Å². The van der Waals surface area contributed by atoms with E-state index in [1.165, 1.54) is 28.6 Å². The molecule has 0 bridgehead atoms. The molecule has 0 saturated carbocycles. The average Bonchev–Trinajstić information content (AvgIpc) is 3.19. The van der Waals surface area contributed by atoms with Gasteiger partial charge in [0.2, 0.25) is 10.0 Å². The average molecular weight is 482 g/mol. The second-order valence-electron chi connectivity index (χ2n) is 8.04. The Morgan fingerprint density at radius 2 is 1.74 bits per heavy atom. The molecule has 0 amide bonds. The quantitative estimate of drug-likeness (QED) is 0.554. The number of para-hydroxylation sites is 3. The van der Waals surface area contributed by atoms with E-state index in [1.54, 1.807) is 7.11 Å². The molecule has 0 atom stereocenters. The first-order valence-corrected chi connectivity index (χ1v) is 12.4. The topological polar surface area (TPSA) is 71.4 Å². The first-order valence-electron chi connectivity index (χ1n) is 11.0. The molecule has 0 aromatic heterocycles. The van der Waals surface area contributed by atoms with E-state index < -0.39 is 15.8 Å². The molecule has 7 nitrogen and oxygen atoms in total. The maximum Gasteiger partial charge on any atom is 0.243 e. The summed E-state index contributed by atoms with van der Waals surface area (Å²) < 4.78 is 52.8. The minimum atomic E-state index is -3.73. The van der Waals surface area contributed by atoms with Gasteiger partial charge in [0.1, 0.15) is 17.3 Å². The third-order valence-corrected chi connectivity index (χ3v) is 7.86. The normalized spacial score (nSPS) is 16.4. The molecule has 0 N–H and O–H groups in total. The van der Waals surface area contributed by atoms with Crippen LogP contribution in [0.15, 0.2) is 76.6 Å². The number of hydrogen-bond acceptors (Lipinski definition) is 6. The van der Waals surface area contributed by atoms with Crippen LogP contribution in [0, 0.1) is 5.82 Å². The molecule has 2 aliphatic rings. The lowest BCUT2D eigenvalue weighted by Gasteiger charge is -2.25. The van der Waals surface area contributed by atoms with Crippen molar-refractivity contribution in [3.05, 3.63) is 78.1 Å². The van der Waals surface area contributed by atoms with Crippen LogP contribution in [-0.2, 0) is 10.0 Å². The van der Waals surface area contributed by atoms with Crippen LogP contribution in [-0.4, -0.2) is 56.7 Å². The van der Waals surface area contributed by atoms with Gasteiger partial charge in [0, 0.05) is 26.2 Å². The Bertz CT molecular complexity index is 1340. The number of amidine groups is 1. The first-order chi connectivity index (χ1) is 16.5. The predicted octanol–water partition coefficient (Wildman–Crippen LogP) is 4.41. The van der Waals surface area contributed by atoms with Gasteiger partial charge in [-0.05, 0) is 55.0 Å². The van der Waals surface area contributed by atoms with E-state index in [4.69, 9.17) is 14.5 Å². The summed E-state index contributed by atoms with van der Waals surface area (Å²) in [5, 5.41) is 0. The van der Waals surface area contributed by atoms with E-state index in [2.05, 4.69) is 4.90 Å². The number of halogens is 1. The number of nitrogens with zero attached hydrogens (tertiary/aromatic N) is 3. The zero-order valence-corrected chi connectivity index (χ0v) is 19.5. The lowest BCUT2D eigenvalue weighted by molar-refractivity contribution is 0.378. The highest BCUT2D eigenvalue weighted by molar-refractivity contribution is 7.89. The summed E-state index contributed by atoms with van der Waals surface area (Å²) in [6.45, 7) is 1.70. The smallest absolute Gasteiger partial charge is 0.243 e. The summed E-state index contributed by atoms with van der Waals surface area (Å²) >= 11 is 0. The van der Waals surface area contributed by atoms with E-state index in [-0.39, 0.29) is 11.4 Å². The SMILES string of the molecule is COc1cccc2c1Oc1ccccc1N=C2N1CCCN(S(=O)(=O)c2ccc(F)cc2)CC1. The lowest BCUT2D eigenvalue weighted by atomic mass is 10.1. The number of ether oxygens (including phenoxy) is 2. The maximum absolute atomic E-state index is 13.3. The third-order valence-electron chi connectivity index (χ3n) is 5.95. The highest BCUT2D eigenvalue weighted by atomic mass is 32.2. The number of benzene rings is 3. The first kappa shape index (κ1) is 22.4. The Balaban J connectivity index is 1.48. The van der Waals surface area contributed by atoms with Crippen LogP contribution >= 0.6 is 0 Å². The Hall–Kier alpha value is -3.43. The molecule has 0 unspecified atom stereocenters. The van der Waals surface area contributed by atoms with E-state index in [9.17, 15) is 12.8 Å². The van der Waals surface area contributed by atoms with Gasteiger partial charge >= 0.3 is 0 Å². The Labute approximate surface area is 198 Å². The molecule has 0 spiro atoms. The fourth-order valence-electron chi connectivity index (χ4n) is 4.22. The highest BCUT2D eigenvalue weighted by Gasteiger charge is 2.30. The van der Waals surface area contributed by atoms with Crippen molar-refractivity contribution in [1.29, 1.82) is 0 Å². The number of hydrogen-bond donors (Lipinski definition) is 0. The van der Waals surface area contributed by atoms with E-state index in [0.717, 1.165) is 5.56 Å². The monoisotopic (exact) mass is 481 g/mol. The summed E-state index contributed by atoms with van der Waals surface area (Å²) in [6, 6.07) is 18.1. The number of fused-ring (bicyclic) bond motifs is 2. The van der Waals surface area contributed by atoms with Crippen LogP contribution in [0.3, 0.4) is 0 Å². The van der Waals surface area contributed by atoms with Crippen molar-refractivity contribution >= 4 is 21.5 Å². The number of rotatable bonds is 3. The van der Waals surface area contributed by atoms with Crippen molar-refractivity contribution in [2.24, 2.45) is 4.99 Å². The van der Waals surface area contributed by atoms with Crippen LogP contribution < -0.4 is 9.47 Å². The summed E-state index contributed by atoms with van der Waals surface area (Å²) in [5.41, 5.74) is 1.47. The molecule has 1 fully saturated rings. The predicted molar refractivity (Wildman–Crippen MR) is 127 cm³/mol. The molecule has 5 rings (SSSR count). The highest BCUT2D eigenvalue weighted by Crippen LogP contribution is 2.42. The van der Waals surface area contributed by atoms with E-state index in [0.29, 0.717) is 54.8 Å². The Kier molecular flexibility index (Phi) is 5.97. The Morgan fingerprint density at radius 1 is 0.941 bits per heavy atom. The van der Waals surface area contributed by atoms with Gasteiger partial charge in [0.15, 0.2) is 17.2 Å². The molecule has 176 valence electrons. The van der Waals surface area contributed by atoms with Gasteiger partial charge in [0.05, 0.1) is 17.6 Å². The van der Waals surface area contributed by atoms with Crippen LogP contribution in [0.4, 0.5) is 10.1 Å². The standard InChI is InChI=1S/C25H24FN3O4S/c1-32-23-9-4-6-20-24(23)33-22-8-3-2-7-21(22)27-25(20)28-14-5-15-29(17-16-28)34(30,31)19-12-10-18(26)11-13-19/h2-4,6-13H,5,14-17H2,1H3. The largest absolute Gasteiger partial charge is 0.493 e. The molecule has 9 heteroatoms. The fraction of sp³-hybridized carbons (Fsp3) is 0.240. The molecule has 3 aromatic carbocycles. The van der Waals surface area contributed by atoms with E-state index in [1.807, 2.05) is 42.5 Å². The molecule has 3 aromatic rings. The fourth-order valence-corrected chi connectivity index (χ4v) is 5.69. The second-order valence-corrected chi connectivity index (χ2v) is 9.98. The van der Waals surface area contributed by atoms with Crippen LogP contribution in [0.5, 0.6) is 17.2 Å². The zero-order valence-electron chi connectivity index (χ0n) is 18.6. The second kappa shape index (κ2) is 9.08. The van der Waals surface area contributed by atoms with Crippen LogP contribution in [0.2, 0.25) is 0 Å². The minimum Gasteiger partial charge on any atom is -0.493 e. The minimum absolute atomic E-state index is 0.0894. The molecule has 1 saturated heterocycles. The van der Waals surface area contributed by atoms with Crippen molar-refractivity contribution < 1.29 is 22.3 Å². The lowest BCUT2D eigenvalue weighted by Crippen LogP contribution is -2.37. The summed E-state index contributed by atoms with van der Waals surface area (Å²) in [5.74, 6) is 2.04. The van der Waals surface area contributed by atoms with Crippen LogP contribution in [0.1, 0.15) is 12.0 Å². The van der Waals surface area contributed by atoms with Crippen LogP contribution in [0.25, 0.3) is 0 Å². The van der Waals surface area contributed by atoms with Crippen molar-refractivity contribution in [2.75, 3.05) is 33.3 Å². The van der Waals surface area contributed by atoms with Crippen molar-refractivity contribution in [1.82, 2.24) is 9.21 Å². The van der Waals surface area contributed by atoms with Gasteiger partial charge < -0.3 is 14.4 Å². The van der Waals surface area contributed by atoms with Gasteiger partial charge in [-0.15, -0.1) is 0 Å². The molecule has 0 aliphatic carbocycles. The molecule has 2 aliphatic heterocycles. The van der Waals surface area contributed by atoms with Gasteiger partial charge in [0.25, 0.3) is 0 Å². The Morgan fingerprint density at radius 3 is 2.53 bits per heavy atom. The number of aliphatic imine (C=N–C) groups is 1. The summed E-state index contributed by atoms with van der Waals surface area (Å²) in [4.78, 5) is 7.11. The van der Waals surface area contributed by atoms with Crippen molar-refractivity contribution in [3.8, 4) is 17.2 Å². The van der Waals surface area contributed by atoms with Gasteiger partial charge in [-0.1, -0.05) is 18.2 Å². The molecular formula is C25H24FN3O4S. The zero-order chi connectivity index (χ0) is 23.7. The molecule has 2 heterocycles. The summed E-state index contributed by atoms with van der Waals surface area (Å²) in [6.07, 6.45) is 0.612. The third kappa shape index (κ3) is 4.12.